The van der Waals surface area contributed by atoms with Gasteiger partial charge in [0.05, 0.1) is 0 Å². The quantitative estimate of drug-likeness (QED) is 0.388. The van der Waals surface area contributed by atoms with Crippen LogP contribution in [-0.2, 0) is 0 Å². The molecule has 0 spiro atoms. The third kappa shape index (κ3) is 1.17. The van der Waals surface area contributed by atoms with Crippen molar-refractivity contribution < 1.29 is 5.21 Å². The molecule has 0 atom stereocenters. The molecule has 48 valence electrons. The van der Waals surface area contributed by atoms with Gasteiger partial charge in [0.15, 0.2) is 5.36 Å². The second-order valence-electron chi connectivity index (χ2n) is 1.34. The fraction of sp³-hybridized carbons (Fsp3) is 0. The molecule has 0 unspecified atom stereocenters. The lowest BCUT2D eigenvalue weighted by Crippen LogP contribution is -2.24. The molecular weight excluding hydrogens is 140 g/mol. The van der Waals surface area contributed by atoms with E-state index in [9.17, 15) is 4.79 Å². The van der Waals surface area contributed by atoms with Crippen LogP contribution in [0.25, 0.3) is 0 Å². The number of hydrogen-bond donors (Lipinski definition) is 2. The first-order valence-corrected chi connectivity index (χ1v) is 3.07. The van der Waals surface area contributed by atoms with E-state index in [4.69, 9.17) is 5.21 Å². The second-order valence-corrected chi connectivity index (χ2v) is 2.05. The molecule has 2 N–H and O–H groups in total. The molecule has 1 rings (SSSR count). The van der Waals surface area contributed by atoms with Crippen LogP contribution in [0.4, 0.5) is 0 Å². The second kappa shape index (κ2) is 2.45. The first-order valence-electron chi connectivity index (χ1n) is 2.19. The van der Waals surface area contributed by atoms with Crippen LogP contribution < -0.4 is 10.9 Å². The summed E-state index contributed by atoms with van der Waals surface area (Å²) in [5.74, 6) is 0. The third-order valence-electron chi connectivity index (χ3n) is 0.786. The van der Waals surface area contributed by atoms with Gasteiger partial charge in [0.25, 0.3) is 5.56 Å². The Morgan fingerprint density at radius 1 is 1.78 bits per heavy atom. The molecule has 0 aliphatic carbocycles. The normalized spacial score (nSPS) is 11.8. The van der Waals surface area contributed by atoms with Gasteiger partial charge in [-0.3, -0.25) is 9.17 Å². The van der Waals surface area contributed by atoms with Gasteiger partial charge in [-0.05, 0) is 6.07 Å². The predicted molar refractivity (Wildman–Crippen MR) is 32.3 cm³/mol. The van der Waals surface area contributed by atoms with Crippen LogP contribution in [0.5, 0.6) is 0 Å². The highest BCUT2D eigenvalue weighted by molar-refractivity contribution is 7.03. The van der Waals surface area contributed by atoms with Gasteiger partial charge in [0.2, 0.25) is 0 Å². The summed E-state index contributed by atoms with van der Waals surface area (Å²) in [7, 11) is 0. The summed E-state index contributed by atoms with van der Waals surface area (Å²) in [6.45, 7) is 0. The zero-order valence-electron chi connectivity index (χ0n) is 4.37. The third-order valence-corrected chi connectivity index (χ3v) is 1.36. The minimum Gasteiger partial charge on any atom is -0.410 e. The molecule has 9 heavy (non-hydrogen) atoms. The molecule has 0 amide bonds. The molecule has 1 aromatic rings. The lowest BCUT2D eigenvalue weighted by Gasteiger charge is -1.77. The van der Waals surface area contributed by atoms with Crippen LogP contribution in [0.3, 0.4) is 0 Å². The number of H-pyrrole nitrogens is 1. The number of rotatable bonds is 0. The Hall–Kier alpha value is -1.10. The standard InChI is InChI=1S/C4H4N2O2S/c7-4-3(5-8)1-2-9-6-4/h1-2,8H,(H,6,7). The maximum atomic E-state index is 10.6. The zero-order chi connectivity index (χ0) is 6.69. The number of hydrogen-bond acceptors (Lipinski definition) is 4. The average molecular weight is 144 g/mol. The molecule has 0 saturated carbocycles. The number of nitrogens with one attached hydrogen (secondary N) is 1. The Morgan fingerprint density at radius 2 is 2.56 bits per heavy atom. The van der Waals surface area contributed by atoms with Crippen molar-refractivity contribution in [2.45, 2.75) is 0 Å². The first kappa shape index (κ1) is 6.03. The summed E-state index contributed by atoms with van der Waals surface area (Å²) in [5.41, 5.74) is -0.370. The van der Waals surface area contributed by atoms with Crippen LogP contribution >= 0.6 is 11.5 Å². The largest absolute Gasteiger partial charge is 0.410 e. The monoisotopic (exact) mass is 144 g/mol. The maximum Gasteiger partial charge on any atom is 0.286 e. The van der Waals surface area contributed by atoms with Gasteiger partial charge in [-0.2, -0.15) is 0 Å². The smallest absolute Gasteiger partial charge is 0.286 e. The molecule has 0 fully saturated rings. The number of aromatic amines is 1. The molecule has 1 aromatic heterocycles. The van der Waals surface area contributed by atoms with Crippen molar-refractivity contribution >= 4 is 11.5 Å². The highest BCUT2D eigenvalue weighted by atomic mass is 32.1. The van der Waals surface area contributed by atoms with E-state index in [0.29, 0.717) is 0 Å². The Morgan fingerprint density at radius 3 is 3.00 bits per heavy atom. The molecule has 0 aromatic carbocycles. The summed E-state index contributed by atoms with van der Waals surface area (Å²) in [6, 6.07) is 1.43. The number of aromatic nitrogens is 1. The Labute approximate surface area is 54.2 Å². The molecule has 0 bridgehead atoms. The molecule has 4 nitrogen and oxygen atoms in total. The van der Waals surface area contributed by atoms with Gasteiger partial charge in [-0.25, -0.2) is 0 Å². The minimum absolute atomic E-state index is 0.0359. The van der Waals surface area contributed by atoms with E-state index in [1.165, 1.54) is 6.07 Å². The molecule has 1 heterocycles. The van der Waals surface area contributed by atoms with Crippen molar-refractivity contribution in [3.63, 3.8) is 0 Å². The summed E-state index contributed by atoms with van der Waals surface area (Å²) in [5, 5.41) is 12.5. The fourth-order valence-electron chi connectivity index (χ4n) is 0.393. The van der Waals surface area contributed by atoms with Crippen molar-refractivity contribution in [3.8, 4) is 0 Å². The van der Waals surface area contributed by atoms with E-state index in [-0.39, 0.29) is 10.9 Å². The van der Waals surface area contributed by atoms with E-state index >= 15 is 0 Å². The lowest BCUT2D eigenvalue weighted by molar-refractivity contribution is 0.301. The van der Waals surface area contributed by atoms with Crippen LogP contribution in [0, 0.1) is 0 Å². The van der Waals surface area contributed by atoms with Gasteiger partial charge < -0.3 is 5.21 Å². The Balaban J connectivity index is 3.53. The van der Waals surface area contributed by atoms with E-state index in [2.05, 4.69) is 9.53 Å². The molecule has 0 aliphatic heterocycles. The van der Waals surface area contributed by atoms with E-state index in [1.54, 1.807) is 5.38 Å². The van der Waals surface area contributed by atoms with Gasteiger partial charge in [-0.1, -0.05) is 16.7 Å². The lowest BCUT2D eigenvalue weighted by atomic mass is 10.6. The van der Waals surface area contributed by atoms with Crippen LogP contribution in [-0.4, -0.2) is 9.58 Å². The van der Waals surface area contributed by atoms with Crippen molar-refractivity contribution in [3.05, 3.63) is 27.2 Å². The van der Waals surface area contributed by atoms with Crippen molar-refractivity contribution in [2.24, 2.45) is 5.16 Å². The van der Waals surface area contributed by atoms with Gasteiger partial charge in [0, 0.05) is 5.38 Å². The molecule has 0 radical (unpaired) electrons. The average Bonchev–Trinajstić information content (AvgIpc) is 1.89. The SMILES string of the molecule is O=c1[nH]sccc1=NO. The highest BCUT2D eigenvalue weighted by Crippen LogP contribution is 1.74. The van der Waals surface area contributed by atoms with E-state index in [0.717, 1.165) is 11.5 Å². The predicted octanol–water partition coefficient (Wildman–Crippen LogP) is -0.274. The van der Waals surface area contributed by atoms with Gasteiger partial charge >= 0.3 is 0 Å². The minimum atomic E-state index is -0.370. The van der Waals surface area contributed by atoms with Crippen molar-refractivity contribution in [2.75, 3.05) is 0 Å². The van der Waals surface area contributed by atoms with Crippen LogP contribution in [0.15, 0.2) is 21.4 Å². The fourth-order valence-corrected chi connectivity index (χ4v) is 0.869. The molecule has 5 heteroatoms. The first-order chi connectivity index (χ1) is 4.34. The van der Waals surface area contributed by atoms with Crippen LogP contribution in [0.1, 0.15) is 0 Å². The summed E-state index contributed by atoms with van der Waals surface area (Å²) < 4.78 is 2.38. The van der Waals surface area contributed by atoms with E-state index in [1.807, 2.05) is 0 Å². The Kier molecular flexibility index (Phi) is 1.64. The Bertz CT molecular complexity index is 300. The summed E-state index contributed by atoms with van der Waals surface area (Å²) in [4.78, 5) is 10.6. The van der Waals surface area contributed by atoms with Crippen molar-refractivity contribution in [1.29, 1.82) is 0 Å². The zero-order valence-corrected chi connectivity index (χ0v) is 5.18. The summed E-state index contributed by atoms with van der Waals surface area (Å²) in [6.07, 6.45) is 0. The van der Waals surface area contributed by atoms with Crippen molar-refractivity contribution in [1.82, 2.24) is 4.37 Å². The van der Waals surface area contributed by atoms with Crippen LogP contribution in [0.2, 0.25) is 0 Å². The number of nitrogens with zero attached hydrogens (tertiary/aromatic N) is 1. The summed E-state index contributed by atoms with van der Waals surface area (Å²) >= 11 is 1.15. The van der Waals surface area contributed by atoms with E-state index < -0.39 is 0 Å². The molecule has 0 aliphatic rings. The maximum absolute atomic E-state index is 10.6. The highest BCUT2D eigenvalue weighted by Gasteiger charge is 1.84. The van der Waals surface area contributed by atoms with Gasteiger partial charge in [0.1, 0.15) is 0 Å². The van der Waals surface area contributed by atoms with Gasteiger partial charge in [-0.15, -0.1) is 0 Å². The topological polar surface area (TPSA) is 65.5 Å². The molecule has 0 saturated heterocycles. The molecular formula is C4H4N2O2S.